The van der Waals surface area contributed by atoms with E-state index in [1.54, 1.807) is 12.3 Å². The van der Waals surface area contributed by atoms with Crippen LogP contribution < -0.4 is 11.1 Å². The van der Waals surface area contributed by atoms with E-state index >= 15 is 0 Å². The second-order valence-electron chi connectivity index (χ2n) is 3.75. The Morgan fingerprint density at radius 3 is 2.89 bits per heavy atom. The molecule has 3 nitrogen and oxygen atoms in total. The van der Waals surface area contributed by atoms with Gasteiger partial charge < -0.3 is 11.1 Å². The minimum absolute atomic E-state index is 0.330. The summed E-state index contributed by atoms with van der Waals surface area (Å²) >= 11 is 10.9. The zero-order chi connectivity index (χ0) is 13.0. The third-order valence-electron chi connectivity index (χ3n) is 2.42. The van der Waals surface area contributed by atoms with E-state index < -0.39 is 0 Å². The molecule has 2 rings (SSSR count). The number of nitrogens with two attached hydrogens (primary N) is 1. The van der Waals surface area contributed by atoms with E-state index in [0.717, 1.165) is 11.1 Å². The normalized spacial score (nSPS) is 10.1. The third-order valence-corrected chi connectivity index (χ3v) is 2.88. The maximum absolute atomic E-state index is 5.92. The number of halogens is 1. The van der Waals surface area contributed by atoms with E-state index in [0.29, 0.717) is 22.4 Å². The maximum Gasteiger partial charge on any atom is 0.136 e. The zero-order valence-corrected chi connectivity index (χ0v) is 11.1. The minimum Gasteiger partial charge on any atom is -0.389 e. The molecule has 3 N–H and O–H groups in total. The van der Waals surface area contributed by atoms with Gasteiger partial charge >= 0.3 is 0 Å². The Morgan fingerprint density at radius 2 is 2.17 bits per heavy atom. The molecule has 0 bridgehead atoms. The lowest BCUT2D eigenvalue weighted by Gasteiger charge is -2.09. The molecule has 0 amide bonds. The number of rotatable bonds is 4. The molecule has 0 atom stereocenters. The molecule has 0 radical (unpaired) electrons. The van der Waals surface area contributed by atoms with Crippen LogP contribution >= 0.6 is 23.8 Å². The van der Waals surface area contributed by atoms with Crippen LogP contribution in [0.3, 0.4) is 0 Å². The Kier molecular flexibility index (Phi) is 4.12. The lowest BCUT2D eigenvalue weighted by molar-refractivity contribution is 1.11. The molecule has 2 aromatic rings. The highest BCUT2D eigenvalue weighted by atomic mass is 35.5. The van der Waals surface area contributed by atoms with Crippen LogP contribution in [-0.2, 0) is 6.54 Å². The molecular weight excluding hydrogens is 266 g/mol. The summed E-state index contributed by atoms with van der Waals surface area (Å²) in [6, 6.07) is 11.3. The molecule has 0 saturated carbocycles. The summed E-state index contributed by atoms with van der Waals surface area (Å²) in [4.78, 5) is 4.56. The van der Waals surface area contributed by atoms with Crippen LogP contribution in [0.5, 0.6) is 0 Å². The average Bonchev–Trinajstić information content (AvgIpc) is 2.37. The molecule has 0 saturated heterocycles. The van der Waals surface area contributed by atoms with E-state index in [-0.39, 0.29) is 0 Å². The summed E-state index contributed by atoms with van der Waals surface area (Å²) in [6.07, 6.45) is 1.70. The SMILES string of the molecule is NC(=S)c1cccnc1NCc1cccc(Cl)c1. The first kappa shape index (κ1) is 12.8. The van der Waals surface area contributed by atoms with Gasteiger partial charge in [-0.2, -0.15) is 0 Å². The van der Waals surface area contributed by atoms with Crippen LogP contribution in [0.25, 0.3) is 0 Å². The molecule has 0 spiro atoms. The molecule has 1 aromatic heterocycles. The van der Waals surface area contributed by atoms with Gasteiger partial charge in [-0.1, -0.05) is 36.0 Å². The van der Waals surface area contributed by atoms with Crippen molar-refractivity contribution in [3.8, 4) is 0 Å². The van der Waals surface area contributed by atoms with Gasteiger partial charge in [-0.05, 0) is 29.8 Å². The van der Waals surface area contributed by atoms with Gasteiger partial charge in [0.2, 0.25) is 0 Å². The van der Waals surface area contributed by atoms with Crippen LogP contribution in [0, 0.1) is 0 Å². The first-order valence-corrected chi connectivity index (χ1v) is 6.18. The van der Waals surface area contributed by atoms with Crippen LogP contribution in [0.15, 0.2) is 42.6 Å². The van der Waals surface area contributed by atoms with Crippen molar-refractivity contribution in [3.63, 3.8) is 0 Å². The number of nitrogens with zero attached hydrogens (tertiary/aromatic N) is 1. The first-order chi connectivity index (χ1) is 8.66. The van der Waals surface area contributed by atoms with Crippen molar-refractivity contribution in [2.24, 2.45) is 5.73 Å². The van der Waals surface area contributed by atoms with Crippen LogP contribution in [0.4, 0.5) is 5.82 Å². The average molecular weight is 278 g/mol. The zero-order valence-electron chi connectivity index (χ0n) is 9.56. The summed E-state index contributed by atoms with van der Waals surface area (Å²) in [6.45, 7) is 0.618. The van der Waals surface area contributed by atoms with Crippen LogP contribution in [0.2, 0.25) is 5.02 Å². The van der Waals surface area contributed by atoms with Crippen LogP contribution in [0.1, 0.15) is 11.1 Å². The van der Waals surface area contributed by atoms with Gasteiger partial charge in [0.1, 0.15) is 10.8 Å². The second kappa shape index (κ2) is 5.80. The first-order valence-electron chi connectivity index (χ1n) is 5.40. The Morgan fingerprint density at radius 1 is 1.33 bits per heavy atom. The van der Waals surface area contributed by atoms with Crippen molar-refractivity contribution in [1.29, 1.82) is 0 Å². The van der Waals surface area contributed by atoms with E-state index in [1.165, 1.54) is 0 Å². The highest BCUT2D eigenvalue weighted by molar-refractivity contribution is 7.80. The van der Waals surface area contributed by atoms with Crippen molar-refractivity contribution in [2.75, 3.05) is 5.32 Å². The largest absolute Gasteiger partial charge is 0.389 e. The third kappa shape index (κ3) is 3.18. The quantitative estimate of drug-likeness (QED) is 0.844. The molecule has 1 heterocycles. The van der Waals surface area contributed by atoms with Gasteiger partial charge in [0.25, 0.3) is 0 Å². The predicted molar refractivity (Wildman–Crippen MR) is 78.9 cm³/mol. The topological polar surface area (TPSA) is 50.9 Å². The number of aromatic nitrogens is 1. The van der Waals surface area contributed by atoms with Crippen molar-refractivity contribution in [1.82, 2.24) is 4.98 Å². The number of anilines is 1. The molecule has 1 aromatic carbocycles. The fourth-order valence-corrected chi connectivity index (χ4v) is 1.96. The predicted octanol–water partition coefficient (Wildman–Crippen LogP) is 2.98. The molecule has 18 heavy (non-hydrogen) atoms. The van der Waals surface area contributed by atoms with E-state index in [9.17, 15) is 0 Å². The molecule has 0 aliphatic carbocycles. The van der Waals surface area contributed by atoms with Gasteiger partial charge in [0.15, 0.2) is 0 Å². The highest BCUT2D eigenvalue weighted by Gasteiger charge is 2.05. The Labute approximate surface area is 116 Å². The van der Waals surface area contributed by atoms with E-state index in [1.807, 2.05) is 30.3 Å². The monoisotopic (exact) mass is 277 g/mol. The van der Waals surface area contributed by atoms with Crippen molar-refractivity contribution >= 4 is 34.6 Å². The number of nitrogens with one attached hydrogen (secondary N) is 1. The summed E-state index contributed by atoms with van der Waals surface area (Å²) in [7, 11) is 0. The van der Waals surface area contributed by atoms with Gasteiger partial charge in [0, 0.05) is 17.8 Å². The number of hydrogen-bond acceptors (Lipinski definition) is 3. The van der Waals surface area contributed by atoms with Gasteiger partial charge in [-0.15, -0.1) is 0 Å². The van der Waals surface area contributed by atoms with Crippen molar-refractivity contribution in [2.45, 2.75) is 6.54 Å². The molecule has 0 unspecified atom stereocenters. The Bertz CT molecular complexity index is 572. The van der Waals surface area contributed by atoms with Gasteiger partial charge in [-0.25, -0.2) is 4.98 Å². The molecule has 92 valence electrons. The summed E-state index contributed by atoms with van der Waals surface area (Å²) in [5.74, 6) is 0.685. The number of hydrogen-bond donors (Lipinski definition) is 2. The molecule has 0 aliphatic rings. The Balaban J connectivity index is 2.13. The van der Waals surface area contributed by atoms with E-state index in [4.69, 9.17) is 29.6 Å². The lowest BCUT2D eigenvalue weighted by Crippen LogP contribution is -2.14. The minimum atomic E-state index is 0.330. The van der Waals surface area contributed by atoms with Crippen LogP contribution in [-0.4, -0.2) is 9.97 Å². The van der Waals surface area contributed by atoms with Crippen molar-refractivity contribution in [3.05, 3.63) is 58.7 Å². The second-order valence-corrected chi connectivity index (χ2v) is 4.62. The standard InChI is InChI=1S/C13H12ClN3S/c14-10-4-1-3-9(7-10)8-17-13-11(12(15)18)5-2-6-16-13/h1-7H,8H2,(H2,15,18)(H,16,17). The van der Waals surface area contributed by atoms with Gasteiger partial charge in [-0.3, -0.25) is 0 Å². The molecular formula is C13H12ClN3S. The number of benzene rings is 1. The molecule has 5 heteroatoms. The fourth-order valence-electron chi connectivity index (χ4n) is 1.58. The number of thiocarbonyl (C=S) groups is 1. The van der Waals surface area contributed by atoms with Gasteiger partial charge in [0.05, 0.1) is 5.56 Å². The summed E-state index contributed by atoms with van der Waals surface area (Å²) in [5, 5.41) is 3.91. The molecule has 0 fully saturated rings. The molecule has 0 aliphatic heterocycles. The fraction of sp³-hybridized carbons (Fsp3) is 0.0769. The summed E-state index contributed by atoms with van der Waals surface area (Å²) < 4.78 is 0. The smallest absolute Gasteiger partial charge is 0.136 e. The lowest BCUT2D eigenvalue weighted by atomic mass is 10.2. The summed E-state index contributed by atoms with van der Waals surface area (Å²) in [5.41, 5.74) is 7.45. The maximum atomic E-state index is 5.92. The highest BCUT2D eigenvalue weighted by Crippen LogP contribution is 2.15. The Hall–Kier alpha value is -1.65. The number of pyridine rings is 1. The van der Waals surface area contributed by atoms with E-state index in [2.05, 4.69) is 10.3 Å². The van der Waals surface area contributed by atoms with Crippen molar-refractivity contribution < 1.29 is 0 Å².